The molecule has 2 fully saturated rings. The summed E-state index contributed by atoms with van der Waals surface area (Å²) in [6.45, 7) is 0.846. The van der Waals surface area contributed by atoms with Gasteiger partial charge >= 0.3 is 12.1 Å². The summed E-state index contributed by atoms with van der Waals surface area (Å²) in [5.74, 6) is -3.10. The van der Waals surface area contributed by atoms with Crippen molar-refractivity contribution < 1.29 is 23.1 Å². The second-order valence-corrected chi connectivity index (χ2v) is 5.55. The molecule has 104 valence electrons. The van der Waals surface area contributed by atoms with Crippen LogP contribution in [0.3, 0.4) is 0 Å². The van der Waals surface area contributed by atoms with Gasteiger partial charge in [-0.25, -0.2) is 0 Å². The maximum atomic E-state index is 12.6. The summed E-state index contributed by atoms with van der Waals surface area (Å²) in [5.41, 5.74) is 0. The molecule has 2 rings (SSSR count). The first-order chi connectivity index (χ1) is 8.36. The number of carboxylic acid groups (broad SMARTS) is 1. The van der Waals surface area contributed by atoms with Crippen LogP contribution in [0.2, 0.25) is 0 Å². The van der Waals surface area contributed by atoms with Crippen molar-refractivity contribution in [2.75, 3.05) is 19.6 Å². The van der Waals surface area contributed by atoms with Crippen molar-refractivity contribution in [3.63, 3.8) is 0 Å². The van der Waals surface area contributed by atoms with E-state index in [-0.39, 0.29) is 0 Å². The highest BCUT2D eigenvalue weighted by Gasteiger charge is 2.46. The standard InChI is InChI=1S/C12H18F3NO2/c13-12(14,15)10(11(17)18)7-16-5-8-2-1-3-9(4-8)6-16/h8-10H,1-7H2,(H,17,18). The van der Waals surface area contributed by atoms with E-state index in [4.69, 9.17) is 5.11 Å². The van der Waals surface area contributed by atoms with Gasteiger partial charge in [0.25, 0.3) is 0 Å². The Balaban J connectivity index is 1.97. The second-order valence-electron chi connectivity index (χ2n) is 5.55. The van der Waals surface area contributed by atoms with Gasteiger partial charge in [-0.2, -0.15) is 13.2 Å². The molecule has 3 nitrogen and oxygen atoms in total. The molecule has 1 N–H and O–H groups in total. The molecule has 1 aliphatic heterocycles. The highest BCUT2D eigenvalue weighted by molar-refractivity contribution is 5.71. The van der Waals surface area contributed by atoms with Crippen molar-refractivity contribution in [1.82, 2.24) is 4.90 Å². The lowest BCUT2D eigenvalue weighted by Gasteiger charge is -2.42. The van der Waals surface area contributed by atoms with Crippen LogP contribution < -0.4 is 0 Å². The van der Waals surface area contributed by atoms with E-state index >= 15 is 0 Å². The molecule has 0 aromatic rings. The Morgan fingerprint density at radius 3 is 2.28 bits per heavy atom. The molecule has 18 heavy (non-hydrogen) atoms. The zero-order valence-corrected chi connectivity index (χ0v) is 10.1. The average molecular weight is 265 g/mol. The van der Waals surface area contributed by atoms with Crippen LogP contribution in [-0.2, 0) is 4.79 Å². The van der Waals surface area contributed by atoms with Gasteiger partial charge in [0.05, 0.1) is 0 Å². The third-order valence-electron chi connectivity index (χ3n) is 4.06. The first-order valence-electron chi connectivity index (χ1n) is 6.38. The van der Waals surface area contributed by atoms with Crippen LogP contribution in [0.15, 0.2) is 0 Å². The van der Waals surface area contributed by atoms with E-state index in [1.807, 2.05) is 0 Å². The van der Waals surface area contributed by atoms with Crippen molar-refractivity contribution in [2.24, 2.45) is 17.8 Å². The molecule has 1 heterocycles. The van der Waals surface area contributed by atoms with Crippen molar-refractivity contribution in [1.29, 1.82) is 0 Å². The highest BCUT2D eigenvalue weighted by Crippen LogP contribution is 2.36. The van der Waals surface area contributed by atoms with Gasteiger partial charge in [0.15, 0.2) is 5.92 Å². The SMILES string of the molecule is O=C(O)C(CN1CC2CCCC(C2)C1)C(F)(F)F. The quantitative estimate of drug-likeness (QED) is 0.851. The fraction of sp³-hybridized carbons (Fsp3) is 0.917. The summed E-state index contributed by atoms with van der Waals surface area (Å²) >= 11 is 0. The first-order valence-corrected chi connectivity index (χ1v) is 6.38. The Hall–Kier alpha value is -0.780. The summed E-state index contributed by atoms with van der Waals surface area (Å²) in [5, 5.41) is 8.70. The van der Waals surface area contributed by atoms with Crippen molar-refractivity contribution in [3.8, 4) is 0 Å². The van der Waals surface area contributed by atoms with Crippen LogP contribution in [0.25, 0.3) is 0 Å². The molecule has 1 aliphatic carbocycles. The van der Waals surface area contributed by atoms with Gasteiger partial charge in [-0.15, -0.1) is 0 Å². The van der Waals surface area contributed by atoms with E-state index < -0.39 is 24.6 Å². The number of fused-ring (bicyclic) bond motifs is 2. The van der Waals surface area contributed by atoms with Crippen molar-refractivity contribution in [3.05, 3.63) is 0 Å². The molecule has 0 aromatic carbocycles. The van der Waals surface area contributed by atoms with E-state index in [1.54, 1.807) is 4.90 Å². The predicted octanol–water partition coefficient (Wildman–Crippen LogP) is 2.37. The zero-order valence-electron chi connectivity index (χ0n) is 10.1. The maximum absolute atomic E-state index is 12.6. The lowest BCUT2D eigenvalue weighted by molar-refractivity contribution is -0.197. The third kappa shape index (κ3) is 3.16. The molecule has 0 amide bonds. The smallest absolute Gasteiger partial charge is 0.403 e. The Morgan fingerprint density at radius 1 is 1.28 bits per heavy atom. The van der Waals surface area contributed by atoms with Crippen molar-refractivity contribution in [2.45, 2.75) is 31.9 Å². The van der Waals surface area contributed by atoms with Gasteiger partial charge in [0, 0.05) is 19.6 Å². The number of likely N-dealkylation sites (tertiary alicyclic amines) is 1. The average Bonchev–Trinajstić information content (AvgIpc) is 2.23. The maximum Gasteiger partial charge on any atom is 0.403 e. The summed E-state index contributed by atoms with van der Waals surface area (Å²) in [7, 11) is 0. The number of rotatable bonds is 3. The Kier molecular flexibility index (Phi) is 3.84. The van der Waals surface area contributed by atoms with Gasteiger partial charge in [-0.05, 0) is 31.1 Å². The Morgan fingerprint density at radius 2 is 1.83 bits per heavy atom. The number of hydrogen-bond acceptors (Lipinski definition) is 2. The minimum atomic E-state index is -4.65. The van der Waals surface area contributed by atoms with Crippen LogP contribution in [0.5, 0.6) is 0 Å². The minimum absolute atomic E-state index is 0.397. The summed E-state index contributed by atoms with van der Waals surface area (Å²) in [6.07, 6.45) is -0.267. The first kappa shape index (κ1) is 13.6. The largest absolute Gasteiger partial charge is 0.481 e. The monoisotopic (exact) mass is 265 g/mol. The molecular weight excluding hydrogens is 247 g/mol. The van der Waals surface area contributed by atoms with Crippen LogP contribution in [0, 0.1) is 17.8 Å². The number of piperidine rings is 1. The van der Waals surface area contributed by atoms with E-state index in [9.17, 15) is 18.0 Å². The summed E-state index contributed by atoms with van der Waals surface area (Å²) in [4.78, 5) is 12.4. The van der Waals surface area contributed by atoms with Gasteiger partial charge in [0.1, 0.15) is 0 Å². The molecule has 2 aliphatic rings. The molecular formula is C12H18F3NO2. The number of hydrogen-bond donors (Lipinski definition) is 1. The van der Waals surface area contributed by atoms with E-state index in [1.165, 1.54) is 0 Å². The lowest BCUT2D eigenvalue weighted by atomic mass is 9.78. The van der Waals surface area contributed by atoms with Gasteiger partial charge < -0.3 is 10.0 Å². The molecule has 0 radical (unpaired) electrons. The Labute approximate surface area is 104 Å². The molecule has 3 atom stereocenters. The van der Waals surface area contributed by atoms with Crippen LogP contribution in [-0.4, -0.2) is 41.8 Å². The Bertz CT molecular complexity index is 307. The van der Waals surface area contributed by atoms with Gasteiger partial charge in [0.2, 0.25) is 0 Å². The topological polar surface area (TPSA) is 40.5 Å². The number of alkyl halides is 3. The molecule has 0 spiro atoms. The lowest BCUT2D eigenvalue weighted by Crippen LogP contribution is -2.48. The minimum Gasteiger partial charge on any atom is -0.481 e. The molecule has 2 bridgehead atoms. The van der Waals surface area contributed by atoms with Crippen LogP contribution >= 0.6 is 0 Å². The van der Waals surface area contributed by atoms with Crippen LogP contribution in [0.1, 0.15) is 25.7 Å². The number of carboxylic acids is 1. The molecule has 0 aromatic heterocycles. The molecule has 1 saturated heterocycles. The fourth-order valence-electron chi connectivity index (χ4n) is 3.27. The zero-order chi connectivity index (χ0) is 13.3. The fourth-order valence-corrected chi connectivity index (χ4v) is 3.27. The second kappa shape index (κ2) is 5.07. The highest BCUT2D eigenvalue weighted by atomic mass is 19.4. The number of halogens is 3. The predicted molar refractivity (Wildman–Crippen MR) is 59.1 cm³/mol. The summed E-state index contributed by atoms with van der Waals surface area (Å²) < 4.78 is 37.8. The normalized spacial score (nSPS) is 31.1. The van der Waals surface area contributed by atoms with Gasteiger partial charge in [-0.1, -0.05) is 6.42 Å². The molecule has 3 unspecified atom stereocenters. The number of nitrogens with zero attached hydrogens (tertiary/aromatic N) is 1. The van der Waals surface area contributed by atoms with Gasteiger partial charge in [-0.3, -0.25) is 4.79 Å². The number of carbonyl (C=O) groups is 1. The molecule has 1 saturated carbocycles. The van der Waals surface area contributed by atoms with E-state index in [0.29, 0.717) is 24.9 Å². The van der Waals surface area contributed by atoms with Crippen molar-refractivity contribution >= 4 is 5.97 Å². The van der Waals surface area contributed by atoms with E-state index in [0.717, 1.165) is 25.7 Å². The van der Waals surface area contributed by atoms with Crippen LogP contribution in [0.4, 0.5) is 13.2 Å². The van der Waals surface area contributed by atoms with E-state index in [2.05, 4.69) is 0 Å². The third-order valence-corrected chi connectivity index (χ3v) is 4.06. The number of aliphatic carboxylic acids is 1. The summed E-state index contributed by atoms with van der Waals surface area (Å²) in [6, 6.07) is 0. The molecule has 6 heteroatoms.